The molecule has 0 N–H and O–H groups in total. The van der Waals surface area contributed by atoms with Crippen molar-refractivity contribution in [3.05, 3.63) is 144 Å². The summed E-state index contributed by atoms with van der Waals surface area (Å²) in [6.07, 6.45) is 0. The largest absolute Gasteiger partial charge is 0.309 e. The molecule has 0 atom stereocenters. The number of hydrogen-bond acceptors (Lipinski definition) is 0. The Balaban J connectivity index is 1.36. The molecule has 3 heteroatoms. The lowest BCUT2D eigenvalue weighted by atomic mass is 10.0. The van der Waals surface area contributed by atoms with E-state index in [1.54, 1.807) is 0 Å². The molecule has 0 unspecified atom stereocenters. The van der Waals surface area contributed by atoms with Gasteiger partial charge >= 0.3 is 0 Å². The molecule has 0 saturated heterocycles. The van der Waals surface area contributed by atoms with Crippen LogP contribution in [0.3, 0.4) is 0 Å². The molecule has 0 spiro atoms. The molecule has 39 heavy (non-hydrogen) atoms. The van der Waals surface area contributed by atoms with Crippen LogP contribution in [0.15, 0.2) is 144 Å². The Morgan fingerprint density at radius 2 is 0.846 bits per heavy atom. The molecule has 2 aromatic heterocycles. The highest BCUT2D eigenvalue weighted by atomic mass is 79.9. The third kappa shape index (κ3) is 3.47. The van der Waals surface area contributed by atoms with Crippen molar-refractivity contribution in [1.82, 2.24) is 9.13 Å². The lowest BCUT2D eigenvalue weighted by molar-refractivity contribution is 1.18. The summed E-state index contributed by atoms with van der Waals surface area (Å²) in [5.74, 6) is 0. The number of halogens is 1. The summed E-state index contributed by atoms with van der Waals surface area (Å²) in [7, 11) is 0. The first-order valence-electron chi connectivity index (χ1n) is 13.1. The van der Waals surface area contributed by atoms with E-state index in [-0.39, 0.29) is 0 Å². The lowest BCUT2D eigenvalue weighted by Gasteiger charge is -2.09. The van der Waals surface area contributed by atoms with Gasteiger partial charge in [-0.3, -0.25) is 0 Å². The van der Waals surface area contributed by atoms with Crippen LogP contribution >= 0.6 is 15.9 Å². The molecule has 0 saturated carbocycles. The summed E-state index contributed by atoms with van der Waals surface area (Å²) < 4.78 is 5.80. The molecule has 0 bridgehead atoms. The van der Waals surface area contributed by atoms with Crippen molar-refractivity contribution in [3.63, 3.8) is 0 Å². The van der Waals surface area contributed by atoms with Crippen molar-refractivity contribution in [2.24, 2.45) is 0 Å². The molecule has 6 aromatic carbocycles. The van der Waals surface area contributed by atoms with Gasteiger partial charge in [0.1, 0.15) is 0 Å². The fraction of sp³-hybridized carbons (Fsp3) is 0. The molecule has 184 valence electrons. The summed E-state index contributed by atoms with van der Waals surface area (Å²) in [5, 5.41) is 5.06. The molecular formula is C36H23BrN2. The van der Waals surface area contributed by atoms with Crippen LogP contribution in [0.2, 0.25) is 0 Å². The van der Waals surface area contributed by atoms with E-state index in [1.807, 2.05) is 0 Å². The second kappa shape index (κ2) is 8.72. The second-order valence-electron chi connectivity index (χ2n) is 9.98. The van der Waals surface area contributed by atoms with E-state index in [9.17, 15) is 0 Å². The smallest absolute Gasteiger partial charge is 0.0541 e. The van der Waals surface area contributed by atoms with E-state index in [2.05, 4.69) is 165 Å². The monoisotopic (exact) mass is 562 g/mol. The maximum absolute atomic E-state index is 3.66. The van der Waals surface area contributed by atoms with Gasteiger partial charge in [-0.25, -0.2) is 0 Å². The van der Waals surface area contributed by atoms with Crippen LogP contribution in [0.25, 0.3) is 66.1 Å². The molecule has 8 rings (SSSR count). The minimum absolute atomic E-state index is 1.07. The molecule has 0 aliphatic heterocycles. The van der Waals surface area contributed by atoms with Crippen molar-refractivity contribution in [2.75, 3.05) is 0 Å². The lowest BCUT2D eigenvalue weighted by Crippen LogP contribution is -1.93. The quantitative estimate of drug-likeness (QED) is 0.202. The Morgan fingerprint density at radius 3 is 1.44 bits per heavy atom. The average Bonchev–Trinajstić information content (AvgIpc) is 3.50. The van der Waals surface area contributed by atoms with Crippen LogP contribution in [0, 0.1) is 0 Å². The number of rotatable bonds is 3. The van der Waals surface area contributed by atoms with Gasteiger partial charge in [0.05, 0.1) is 22.1 Å². The highest BCUT2D eigenvalue weighted by Gasteiger charge is 2.15. The minimum Gasteiger partial charge on any atom is -0.309 e. The van der Waals surface area contributed by atoms with Crippen LogP contribution in [0.4, 0.5) is 0 Å². The Bertz CT molecular complexity index is 2180. The molecule has 2 heterocycles. The zero-order valence-corrected chi connectivity index (χ0v) is 22.6. The van der Waals surface area contributed by atoms with Gasteiger partial charge in [-0.2, -0.15) is 0 Å². The number of fused-ring (bicyclic) bond motifs is 6. The summed E-state index contributed by atoms with van der Waals surface area (Å²) in [6.45, 7) is 0. The van der Waals surface area contributed by atoms with Crippen molar-refractivity contribution >= 4 is 59.5 Å². The number of aromatic nitrogens is 2. The Labute approximate surface area is 234 Å². The van der Waals surface area contributed by atoms with Crippen LogP contribution in [-0.4, -0.2) is 9.13 Å². The van der Waals surface area contributed by atoms with Crippen LogP contribution in [0.1, 0.15) is 0 Å². The van der Waals surface area contributed by atoms with E-state index in [0.29, 0.717) is 0 Å². The van der Waals surface area contributed by atoms with Crippen molar-refractivity contribution in [3.8, 4) is 22.5 Å². The predicted octanol–water partition coefficient (Wildman–Crippen LogP) is 10.3. The van der Waals surface area contributed by atoms with Gasteiger partial charge < -0.3 is 9.13 Å². The first-order chi connectivity index (χ1) is 19.3. The Morgan fingerprint density at radius 1 is 0.359 bits per heavy atom. The molecule has 0 aliphatic rings. The number of para-hydroxylation sites is 3. The summed E-state index contributed by atoms with van der Waals surface area (Å²) in [6, 6.07) is 50.3. The fourth-order valence-electron chi connectivity index (χ4n) is 6.05. The maximum Gasteiger partial charge on any atom is 0.0541 e. The van der Waals surface area contributed by atoms with E-state index in [4.69, 9.17) is 0 Å². The molecule has 0 amide bonds. The minimum atomic E-state index is 1.07. The van der Waals surface area contributed by atoms with Crippen LogP contribution in [0.5, 0.6) is 0 Å². The Hall–Kier alpha value is -4.60. The van der Waals surface area contributed by atoms with Crippen molar-refractivity contribution < 1.29 is 0 Å². The van der Waals surface area contributed by atoms with Crippen molar-refractivity contribution in [1.29, 1.82) is 0 Å². The van der Waals surface area contributed by atoms with Gasteiger partial charge in [-0.15, -0.1) is 0 Å². The second-order valence-corrected chi connectivity index (χ2v) is 10.9. The molecule has 2 nitrogen and oxygen atoms in total. The number of hydrogen-bond donors (Lipinski definition) is 0. The number of nitrogens with zero attached hydrogens (tertiary/aromatic N) is 2. The molecule has 0 aliphatic carbocycles. The summed E-state index contributed by atoms with van der Waals surface area (Å²) in [4.78, 5) is 0. The third-order valence-corrected chi connectivity index (χ3v) is 8.25. The van der Waals surface area contributed by atoms with Gasteiger partial charge in [-0.1, -0.05) is 88.7 Å². The number of benzene rings is 6. The zero-order valence-electron chi connectivity index (χ0n) is 21.1. The molecular weight excluding hydrogens is 540 g/mol. The normalized spacial score (nSPS) is 11.7. The summed E-state index contributed by atoms with van der Waals surface area (Å²) >= 11 is 3.66. The highest BCUT2D eigenvalue weighted by Crippen LogP contribution is 2.38. The first-order valence-corrected chi connectivity index (χ1v) is 13.9. The third-order valence-electron chi connectivity index (χ3n) is 7.76. The van der Waals surface area contributed by atoms with E-state index < -0.39 is 0 Å². The van der Waals surface area contributed by atoms with E-state index in [1.165, 1.54) is 60.4 Å². The molecule has 0 radical (unpaired) electrons. The average molecular weight is 563 g/mol. The van der Waals surface area contributed by atoms with Crippen LogP contribution < -0.4 is 0 Å². The van der Waals surface area contributed by atoms with E-state index in [0.717, 1.165) is 10.2 Å². The fourth-order valence-corrected chi connectivity index (χ4v) is 6.44. The standard InChI is InChI=1S/C36H23BrN2/c37-26-9-8-12-28(23-26)39-34-16-7-5-14-30(34)32-22-25(18-20-36(32)39)24-17-19-35-31(21-24)29-13-4-6-15-33(29)38(35)27-10-2-1-3-11-27/h1-23H. The topological polar surface area (TPSA) is 9.86 Å². The summed E-state index contributed by atoms with van der Waals surface area (Å²) in [5.41, 5.74) is 9.64. The van der Waals surface area contributed by atoms with Gasteiger partial charge in [-0.05, 0) is 77.9 Å². The molecule has 8 aromatic rings. The van der Waals surface area contributed by atoms with Crippen LogP contribution in [-0.2, 0) is 0 Å². The first kappa shape index (κ1) is 22.4. The van der Waals surface area contributed by atoms with Gasteiger partial charge in [0.2, 0.25) is 0 Å². The SMILES string of the molecule is Brc1cccc(-n2c3ccccc3c3cc(-c4ccc5c(c4)c4ccccc4n5-c4ccccc4)ccc32)c1. The van der Waals surface area contributed by atoms with E-state index >= 15 is 0 Å². The van der Waals surface area contributed by atoms with Gasteiger partial charge in [0, 0.05) is 37.4 Å². The van der Waals surface area contributed by atoms with Gasteiger partial charge in [0.25, 0.3) is 0 Å². The maximum atomic E-state index is 3.66. The highest BCUT2D eigenvalue weighted by molar-refractivity contribution is 9.10. The predicted molar refractivity (Wildman–Crippen MR) is 168 cm³/mol. The molecule has 0 fully saturated rings. The van der Waals surface area contributed by atoms with Crippen molar-refractivity contribution in [2.45, 2.75) is 0 Å². The zero-order chi connectivity index (χ0) is 25.9. The Kier molecular flexibility index (Phi) is 5.01. The van der Waals surface area contributed by atoms with Gasteiger partial charge in [0.15, 0.2) is 0 Å².